The fraction of sp³-hybridized carbons (Fsp3) is 0.478. The van der Waals surface area contributed by atoms with Crippen LogP contribution in [0.25, 0.3) is 5.69 Å². The molecular weight excluding hydrogens is 410 g/mol. The van der Waals surface area contributed by atoms with Gasteiger partial charge in [0.25, 0.3) is 0 Å². The predicted octanol–water partition coefficient (Wildman–Crippen LogP) is 3.96. The highest BCUT2D eigenvalue weighted by Gasteiger charge is 2.45. The molecule has 1 saturated heterocycles. The van der Waals surface area contributed by atoms with Gasteiger partial charge in [0.05, 0.1) is 12.2 Å². The number of nitrogens with zero attached hydrogens (tertiary/aromatic N) is 7. The summed E-state index contributed by atoms with van der Waals surface area (Å²) in [6, 6.07) is 8.10. The van der Waals surface area contributed by atoms with Crippen LogP contribution in [0, 0.1) is 0 Å². The Bertz CT molecular complexity index is 1100. The summed E-state index contributed by atoms with van der Waals surface area (Å²) in [5.74, 6) is 3.30. The molecule has 7 nitrogen and oxygen atoms in total. The number of hydrogen-bond acceptors (Lipinski definition) is 6. The van der Waals surface area contributed by atoms with Gasteiger partial charge < -0.3 is 4.90 Å². The molecule has 3 aliphatic rings. The third kappa shape index (κ3) is 3.40. The molecule has 1 aromatic carbocycles. The molecule has 2 aliphatic heterocycles. The van der Waals surface area contributed by atoms with Crippen molar-refractivity contribution in [3.63, 3.8) is 0 Å². The number of rotatable bonds is 3. The second-order valence-electron chi connectivity index (χ2n) is 9.25. The molecule has 2 aromatic heterocycles. The molecule has 8 heteroatoms. The van der Waals surface area contributed by atoms with Gasteiger partial charge in [-0.1, -0.05) is 11.6 Å². The summed E-state index contributed by atoms with van der Waals surface area (Å²) in [7, 11) is 0. The molecule has 0 amide bonds. The number of hydrogen-bond donors (Lipinski definition) is 0. The summed E-state index contributed by atoms with van der Waals surface area (Å²) in [6.45, 7) is 5.93. The first-order valence-electron chi connectivity index (χ1n) is 11.1. The maximum Gasteiger partial charge on any atom is 0.225 e. The third-order valence-electron chi connectivity index (χ3n) is 7.16. The standard InChI is InChI=1S/C23H26ClN7/c1-23(7-8-23)30-14-17-13-18(24)3-4-19(17)31-20(15-30)27-28-21(31)16-5-11-29(12-6-16)22-25-9-2-10-26-22/h2-4,9-10,13,16H,5-8,11-12,14-15H2,1H3. The van der Waals surface area contributed by atoms with E-state index in [0.717, 1.165) is 61.6 Å². The van der Waals surface area contributed by atoms with Crippen molar-refractivity contribution in [1.29, 1.82) is 0 Å². The third-order valence-corrected chi connectivity index (χ3v) is 7.40. The van der Waals surface area contributed by atoms with Crippen LogP contribution < -0.4 is 4.90 Å². The van der Waals surface area contributed by atoms with Crippen molar-refractivity contribution < 1.29 is 0 Å². The summed E-state index contributed by atoms with van der Waals surface area (Å²) in [4.78, 5) is 13.6. The van der Waals surface area contributed by atoms with Crippen molar-refractivity contribution >= 4 is 17.5 Å². The Morgan fingerprint density at radius 2 is 1.81 bits per heavy atom. The molecule has 6 rings (SSSR count). The molecule has 0 spiro atoms. The predicted molar refractivity (Wildman–Crippen MR) is 119 cm³/mol. The van der Waals surface area contributed by atoms with Crippen molar-refractivity contribution in [1.82, 2.24) is 29.6 Å². The minimum absolute atomic E-state index is 0.266. The second kappa shape index (κ2) is 7.28. The zero-order chi connectivity index (χ0) is 21.0. The molecule has 4 heterocycles. The Morgan fingerprint density at radius 1 is 1.03 bits per heavy atom. The molecule has 31 heavy (non-hydrogen) atoms. The van der Waals surface area contributed by atoms with Crippen LogP contribution in [0.15, 0.2) is 36.7 Å². The van der Waals surface area contributed by atoms with Gasteiger partial charge in [0, 0.05) is 48.5 Å². The molecule has 2 fully saturated rings. The van der Waals surface area contributed by atoms with Crippen molar-refractivity contribution in [3.8, 4) is 5.69 Å². The van der Waals surface area contributed by atoms with Crippen LogP contribution in [0.1, 0.15) is 55.7 Å². The van der Waals surface area contributed by atoms with Crippen molar-refractivity contribution in [3.05, 3.63) is 58.9 Å². The average Bonchev–Trinajstić information content (AvgIpc) is 3.46. The first-order valence-corrected chi connectivity index (χ1v) is 11.5. The Labute approximate surface area is 187 Å². The monoisotopic (exact) mass is 435 g/mol. The van der Waals surface area contributed by atoms with Gasteiger partial charge in [-0.05, 0) is 62.4 Å². The quantitative estimate of drug-likeness (QED) is 0.620. The van der Waals surface area contributed by atoms with Crippen LogP contribution in [-0.2, 0) is 13.1 Å². The van der Waals surface area contributed by atoms with Crippen LogP contribution in [0.2, 0.25) is 5.02 Å². The van der Waals surface area contributed by atoms with E-state index in [1.807, 2.05) is 12.1 Å². The normalized spacial score (nSPS) is 20.8. The minimum Gasteiger partial charge on any atom is -0.341 e. The van der Waals surface area contributed by atoms with Gasteiger partial charge in [0.15, 0.2) is 5.82 Å². The highest BCUT2D eigenvalue weighted by atomic mass is 35.5. The first-order chi connectivity index (χ1) is 15.1. The highest BCUT2D eigenvalue weighted by molar-refractivity contribution is 6.30. The zero-order valence-corrected chi connectivity index (χ0v) is 18.5. The molecule has 1 saturated carbocycles. The van der Waals surface area contributed by atoms with Gasteiger partial charge >= 0.3 is 0 Å². The molecule has 3 aromatic rings. The van der Waals surface area contributed by atoms with E-state index in [9.17, 15) is 0 Å². The van der Waals surface area contributed by atoms with E-state index in [4.69, 9.17) is 16.7 Å². The van der Waals surface area contributed by atoms with Crippen LogP contribution in [0.4, 0.5) is 5.95 Å². The number of piperidine rings is 1. The van der Waals surface area contributed by atoms with Crippen LogP contribution in [-0.4, -0.2) is 48.3 Å². The molecule has 0 bridgehead atoms. The smallest absolute Gasteiger partial charge is 0.225 e. The van der Waals surface area contributed by atoms with Gasteiger partial charge in [-0.15, -0.1) is 10.2 Å². The van der Waals surface area contributed by atoms with E-state index in [1.54, 1.807) is 12.4 Å². The number of benzene rings is 1. The summed E-state index contributed by atoms with van der Waals surface area (Å²) in [6.07, 6.45) is 8.12. The van der Waals surface area contributed by atoms with Gasteiger partial charge in [0.1, 0.15) is 5.82 Å². The molecular formula is C23H26ClN7. The lowest BCUT2D eigenvalue weighted by Gasteiger charge is -2.31. The summed E-state index contributed by atoms with van der Waals surface area (Å²) >= 11 is 6.39. The lowest BCUT2D eigenvalue weighted by Crippen LogP contribution is -2.34. The van der Waals surface area contributed by atoms with Crippen LogP contribution in [0.5, 0.6) is 0 Å². The molecule has 0 radical (unpaired) electrons. The first kappa shape index (κ1) is 19.2. The summed E-state index contributed by atoms with van der Waals surface area (Å²) < 4.78 is 2.32. The van der Waals surface area contributed by atoms with Gasteiger partial charge in [-0.2, -0.15) is 0 Å². The van der Waals surface area contributed by atoms with Crippen LogP contribution >= 0.6 is 11.6 Å². The molecule has 0 atom stereocenters. The van der Waals surface area contributed by atoms with E-state index < -0.39 is 0 Å². The minimum atomic E-state index is 0.266. The lowest BCUT2D eigenvalue weighted by atomic mass is 9.95. The zero-order valence-electron chi connectivity index (χ0n) is 17.7. The fourth-order valence-electron chi connectivity index (χ4n) is 4.96. The topological polar surface area (TPSA) is 63.0 Å². The van der Waals surface area contributed by atoms with E-state index in [2.05, 4.69) is 48.5 Å². The summed E-state index contributed by atoms with van der Waals surface area (Å²) in [5, 5.41) is 10.2. The average molecular weight is 436 g/mol. The molecule has 160 valence electrons. The molecule has 1 aliphatic carbocycles. The van der Waals surface area contributed by atoms with Crippen molar-refractivity contribution in [2.45, 2.75) is 57.2 Å². The SMILES string of the molecule is CC1(N2Cc3cc(Cl)ccc3-n3c(nnc3C3CCN(c4ncccn4)CC3)C2)CC1. The maximum atomic E-state index is 6.39. The second-order valence-corrected chi connectivity index (χ2v) is 9.68. The van der Waals surface area contributed by atoms with E-state index in [-0.39, 0.29) is 5.54 Å². The Kier molecular flexibility index (Phi) is 4.51. The van der Waals surface area contributed by atoms with E-state index >= 15 is 0 Å². The number of anilines is 1. The molecule has 0 unspecified atom stereocenters. The van der Waals surface area contributed by atoms with Crippen LogP contribution in [0.3, 0.4) is 0 Å². The van der Waals surface area contributed by atoms with Gasteiger partial charge in [-0.3, -0.25) is 9.47 Å². The van der Waals surface area contributed by atoms with Crippen molar-refractivity contribution in [2.24, 2.45) is 0 Å². The number of aromatic nitrogens is 5. The van der Waals surface area contributed by atoms with Crippen molar-refractivity contribution in [2.75, 3.05) is 18.0 Å². The fourth-order valence-corrected chi connectivity index (χ4v) is 5.16. The molecule has 0 N–H and O–H groups in total. The van der Waals surface area contributed by atoms with Gasteiger partial charge in [0.2, 0.25) is 5.95 Å². The number of fused-ring (bicyclic) bond motifs is 3. The van der Waals surface area contributed by atoms with Gasteiger partial charge in [-0.25, -0.2) is 9.97 Å². The number of halogens is 1. The Hall–Kier alpha value is -2.51. The van der Waals surface area contributed by atoms with E-state index in [1.165, 1.54) is 24.1 Å². The lowest BCUT2D eigenvalue weighted by molar-refractivity contribution is 0.170. The maximum absolute atomic E-state index is 6.39. The Morgan fingerprint density at radius 3 is 2.55 bits per heavy atom. The Balaban J connectivity index is 1.33. The summed E-state index contributed by atoms with van der Waals surface area (Å²) in [5.41, 5.74) is 2.71. The largest absolute Gasteiger partial charge is 0.341 e. The highest BCUT2D eigenvalue weighted by Crippen LogP contribution is 2.44. The van der Waals surface area contributed by atoms with E-state index in [0.29, 0.717) is 5.92 Å².